The number of nitrogens with two attached hydrogens (primary N) is 1. The van der Waals surface area contributed by atoms with E-state index >= 15 is 0 Å². The van der Waals surface area contributed by atoms with E-state index in [-0.39, 0.29) is 17.1 Å². The maximum absolute atomic E-state index is 13.0. The lowest BCUT2D eigenvalue weighted by Crippen LogP contribution is -2.13. The Morgan fingerprint density at radius 2 is 2.14 bits per heavy atom. The highest BCUT2D eigenvalue weighted by Gasteiger charge is 2.37. The van der Waals surface area contributed by atoms with Crippen LogP contribution in [-0.2, 0) is 19.0 Å². The number of halogens is 3. The van der Waals surface area contributed by atoms with E-state index in [9.17, 15) is 13.2 Å². The number of thioether (sulfide) groups is 1. The molecule has 7 nitrogen and oxygen atoms in total. The molecule has 0 atom stereocenters. The van der Waals surface area contributed by atoms with Gasteiger partial charge in [-0.2, -0.15) is 28.6 Å². The Hall–Kier alpha value is -2.30. The lowest BCUT2D eigenvalue weighted by atomic mass is 10.3. The Morgan fingerprint density at radius 1 is 1.36 bits per heavy atom. The van der Waals surface area contributed by atoms with Gasteiger partial charge in [0, 0.05) is 23.3 Å². The van der Waals surface area contributed by atoms with Crippen molar-refractivity contribution in [3.8, 4) is 0 Å². The molecule has 116 valence electrons. The van der Waals surface area contributed by atoms with Crippen LogP contribution < -0.4 is 5.73 Å². The van der Waals surface area contributed by atoms with Crippen LogP contribution in [0.5, 0.6) is 0 Å². The number of anilines is 1. The lowest BCUT2D eigenvalue weighted by Gasteiger charge is -2.09. The first kappa shape index (κ1) is 14.6. The number of alkyl halides is 3. The summed E-state index contributed by atoms with van der Waals surface area (Å²) in [4.78, 5) is 4.58. The van der Waals surface area contributed by atoms with Crippen LogP contribution in [-0.4, -0.2) is 30.2 Å². The van der Waals surface area contributed by atoms with Gasteiger partial charge in [-0.3, -0.25) is 4.68 Å². The van der Waals surface area contributed by atoms with Gasteiger partial charge in [0.2, 0.25) is 5.65 Å². The molecule has 3 aromatic rings. The third kappa shape index (κ3) is 2.58. The summed E-state index contributed by atoms with van der Waals surface area (Å²) >= 11 is 1.17. The van der Waals surface area contributed by atoms with Crippen molar-refractivity contribution in [3.05, 3.63) is 23.5 Å². The molecule has 0 spiro atoms. The highest BCUT2D eigenvalue weighted by molar-refractivity contribution is 7.98. The van der Waals surface area contributed by atoms with E-state index in [2.05, 4.69) is 25.5 Å². The molecule has 0 radical (unpaired) electrons. The molecular formula is C11H10F3N7S. The summed E-state index contributed by atoms with van der Waals surface area (Å²) in [5.74, 6) is 0.305. The Kier molecular flexibility index (Phi) is 3.43. The quantitative estimate of drug-likeness (QED) is 0.713. The van der Waals surface area contributed by atoms with E-state index in [0.29, 0.717) is 16.1 Å². The second-order valence-corrected chi connectivity index (χ2v) is 5.49. The summed E-state index contributed by atoms with van der Waals surface area (Å²) in [5.41, 5.74) is 5.77. The summed E-state index contributed by atoms with van der Waals surface area (Å²) in [5, 5.41) is 13.8. The largest absolute Gasteiger partial charge is 0.433 e. The standard InChI is InChI=1S/C11H10F3N7S/c1-21-9(11(12,13)14)5(3-16-21)4-22-6-2-7(15)17-10-8(6)18-20-19-10/h2-3H,4H2,1H3,(H3,15,17,18,19,20). The van der Waals surface area contributed by atoms with E-state index in [1.807, 2.05) is 0 Å². The Morgan fingerprint density at radius 3 is 2.86 bits per heavy atom. The highest BCUT2D eigenvalue weighted by atomic mass is 32.2. The molecule has 0 aliphatic carbocycles. The van der Waals surface area contributed by atoms with E-state index in [1.165, 1.54) is 25.0 Å². The van der Waals surface area contributed by atoms with E-state index in [1.54, 1.807) is 6.07 Å². The van der Waals surface area contributed by atoms with Crippen molar-refractivity contribution in [1.29, 1.82) is 0 Å². The van der Waals surface area contributed by atoms with Crippen LogP contribution in [0.15, 0.2) is 17.2 Å². The smallest absolute Gasteiger partial charge is 0.384 e. The molecule has 0 aliphatic heterocycles. The van der Waals surface area contributed by atoms with Crippen molar-refractivity contribution in [3.63, 3.8) is 0 Å². The van der Waals surface area contributed by atoms with Crippen LogP contribution in [0, 0.1) is 0 Å². The van der Waals surface area contributed by atoms with Gasteiger partial charge in [-0.1, -0.05) is 0 Å². The molecule has 3 heterocycles. The van der Waals surface area contributed by atoms with Crippen molar-refractivity contribution < 1.29 is 13.2 Å². The summed E-state index contributed by atoms with van der Waals surface area (Å²) in [6, 6.07) is 1.55. The van der Waals surface area contributed by atoms with Crippen LogP contribution in [0.25, 0.3) is 11.2 Å². The number of hydrogen-bond acceptors (Lipinski definition) is 6. The number of H-pyrrole nitrogens is 1. The van der Waals surface area contributed by atoms with Gasteiger partial charge in [0.1, 0.15) is 17.0 Å². The Balaban J connectivity index is 1.91. The van der Waals surface area contributed by atoms with E-state index in [4.69, 9.17) is 5.73 Å². The molecule has 0 amide bonds. The van der Waals surface area contributed by atoms with Crippen molar-refractivity contribution in [2.24, 2.45) is 7.05 Å². The minimum absolute atomic E-state index is 0.0775. The van der Waals surface area contributed by atoms with Crippen LogP contribution in [0.2, 0.25) is 0 Å². The fraction of sp³-hybridized carbons (Fsp3) is 0.273. The third-order valence-electron chi connectivity index (χ3n) is 2.94. The van der Waals surface area contributed by atoms with Crippen LogP contribution >= 0.6 is 11.8 Å². The monoisotopic (exact) mass is 329 g/mol. The van der Waals surface area contributed by atoms with Gasteiger partial charge in [-0.15, -0.1) is 16.9 Å². The molecule has 0 aromatic carbocycles. The molecule has 0 fully saturated rings. The average molecular weight is 329 g/mol. The fourth-order valence-corrected chi connectivity index (χ4v) is 3.05. The zero-order valence-corrected chi connectivity index (χ0v) is 12.0. The number of aromatic nitrogens is 6. The molecule has 22 heavy (non-hydrogen) atoms. The number of aryl methyl sites for hydroxylation is 1. The fourth-order valence-electron chi connectivity index (χ4n) is 2.05. The number of fused-ring (bicyclic) bond motifs is 1. The SMILES string of the molecule is Cn1ncc(CSc2cc(N)nc3n[nH]nc23)c1C(F)(F)F. The minimum Gasteiger partial charge on any atom is -0.384 e. The molecule has 3 N–H and O–H groups in total. The molecule has 0 saturated carbocycles. The Bertz CT molecular complexity index is 823. The number of aromatic amines is 1. The third-order valence-corrected chi connectivity index (χ3v) is 4.02. The molecule has 3 rings (SSSR count). The van der Waals surface area contributed by atoms with Gasteiger partial charge in [-0.25, -0.2) is 4.98 Å². The molecule has 0 saturated heterocycles. The second-order valence-electron chi connectivity index (χ2n) is 4.47. The Labute approximate surface area is 126 Å². The van der Waals surface area contributed by atoms with Crippen molar-refractivity contribution in [2.45, 2.75) is 16.8 Å². The van der Waals surface area contributed by atoms with Crippen molar-refractivity contribution >= 4 is 28.7 Å². The predicted molar refractivity (Wildman–Crippen MR) is 73.9 cm³/mol. The number of nitrogen functional groups attached to an aromatic ring is 1. The maximum atomic E-state index is 13.0. The van der Waals surface area contributed by atoms with Gasteiger partial charge in [0.25, 0.3) is 0 Å². The minimum atomic E-state index is -4.46. The van der Waals surface area contributed by atoms with E-state index < -0.39 is 11.9 Å². The van der Waals surface area contributed by atoms with Gasteiger partial charge in [0.15, 0.2) is 0 Å². The summed E-state index contributed by atoms with van der Waals surface area (Å²) in [6.07, 6.45) is -3.25. The normalized spacial score (nSPS) is 12.2. The first-order valence-electron chi connectivity index (χ1n) is 6.04. The molecule has 0 bridgehead atoms. The first-order valence-corrected chi connectivity index (χ1v) is 7.02. The number of rotatable bonds is 3. The topological polar surface area (TPSA) is 98.3 Å². The van der Waals surface area contributed by atoms with E-state index in [0.717, 1.165) is 4.68 Å². The zero-order chi connectivity index (χ0) is 15.9. The molecule has 0 aliphatic rings. The molecule has 0 unspecified atom stereocenters. The first-order chi connectivity index (χ1) is 10.4. The molecular weight excluding hydrogens is 319 g/mol. The highest BCUT2D eigenvalue weighted by Crippen LogP contribution is 2.35. The zero-order valence-electron chi connectivity index (χ0n) is 11.2. The number of nitrogens with one attached hydrogen (secondary N) is 1. The summed E-state index contributed by atoms with van der Waals surface area (Å²) in [7, 11) is 1.26. The molecule has 11 heteroatoms. The van der Waals surface area contributed by atoms with Gasteiger partial charge in [-0.05, 0) is 6.07 Å². The average Bonchev–Trinajstić information content (AvgIpc) is 3.01. The maximum Gasteiger partial charge on any atom is 0.433 e. The van der Waals surface area contributed by atoms with Crippen LogP contribution in [0.4, 0.5) is 19.0 Å². The number of pyridine rings is 1. The predicted octanol–water partition coefficient (Wildman–Crippen LogP) is 1.98. The van der Waals surface area contributed by atoms with Gasteiger partial charge < -0.3 is 5.73 Å². The summed E-state index contributed by atoms with van der Waals surface area (Å²) in [6.45, 7) is 0. The summed E-state index contributed by atoms with van der Waals surface area (Å²) < 4.78 is 39.8. The van der Waals surface area contributed by atoms with Crippen LogP contribution in [0.1, 0.15) is 11.3 Å². The molecule has 3 aromatic heterocycles. The van der Waals surface area contributed by atoms with Gasteiger partial charge >= 0.3 is 6.18 Å². The lowest BCUT2D eigenvalue weighted by molar-refractivity contribution is -0.144. The second kappa shape index (κ2) is 5.16. The van der Waals surface area contributed by atoms with Gasteiger partial charge in [0.05, 0.1) is 6.20 Å². The van der Waals surface area contributed by atoms with Crippen molar-refractivity contribution in [1.82, 2.24) is 30.2 Å². The number of nitrogens with zero attached hydrogens (tertiary/aromatic N) is 5. The van der Waals surface area contributed by atoms with Crippen LogP contribution in [0.3, 0.4) is 0 Å². The van der Waals surface area contributed by atoms with Crippen molar-refractivity contribution in [2.75, 3.05) is 5.73 Å². The number of hydrogen-bond donors (Lipinski definition) is 2.